The van der Waals surface area contributed by atoms with E-state index in [2.05, 4.69) is 23.7 Å². The van der Waals surface area contributed by atoms with Gasteiger partial charge in [0.05, 0.1) is 6.26 Å². The van der Waals surface area contributed by atoms with Crippen molar-refractivity contribution >= 4 is 17.2 Å². The number of carbonyl (C=O) groups is 1. The predicted octanol–water partition coefficient (Wildman–Crippen LogP) is 3.49. The number of nitrogens with zero attached hydrogens (tertiary/aromatic N) is 3. The van der Waals surface area contributed by atoms with Crippen molar-refractivity contribution in [3.8, 4) is 10.8 Å². The zero-order valence-electron chi connectivity index (χ0n) is 14.1. The van der Waals surface area contributed by atoms with Crippen LogP contribution < -0.4 is 0 Å². The third-order valence-corrected chi connectivity index (χ3v) is 6.04. The largest absolute Gasteiger partial charge is 0.462 e. The van der Waals surface area contributed by atoms with Crippen molar-refractivity contribution in [3.63, 3.8) is 0 Å². The molecule has 2 aliphatic heterocycles. The summed E-state index contributed by atoms with van der Waals surface area (Å²) >= 11 is 1.46. The zero-order valence-corrected chi connectivity index (χ0v) is 15.0. The number of hydrogen-bond donors (Lipinski definition) is 0. The Kier molecular flexibility index (Phi) is 4.18. The average Bonchev–Trinajstić information content (AvgIpc) is 3.24. The molecule has 4 rings (SSSR count). The molecule has 2 aliphatic rings. The summed E-state index contributed by atoms with van der Waals surface area (Å²) in [4.78, 5) is 22.0. The first-order valence-corrected chi connectivity index (χ1v) is 9.57. The molecule has 128 valence electrons. The number of hydrogen-bond acceptors (Lipinski definition) is 5. The third kappa shape index (κ3) is 2.78. The highest BCUT2D eigenvalue weighted by molar-refractivity contribution is 7.13. The lowest BCUT2D eigenvalue weighted by Gasteiger charge is -2.32. The van der Waals surface area contributed by atoms with E-state index in [0.717, 1.165) is 30.3 Å². The molecule has 4 heterocycles. The summed E-state index contributed by atoms with van der Waals surface area (Å²) in [5.41, 5.74) is 0.542. The van der Waals surface area contributed by atoms with E-state index in [0.29, 0.717) is 23.8 Å². The third-order valence-electron chi connectivity index (χ3n) is 5.18. The van der Waals surface area contributed by atoms with Gasteiger partial charge in [-0.3, -0.25) is 9.69 Å². The molecule has 0 saturated carbocycles. The van der Waals surface area contributed by atoms with Gasteiger partial charge in [-0.1, -0.05) is 0 Å². The molecule has 2 saturated heterocycles. The van der Waals surface area contributed by atoms with Crippen LogP contribution in [0, 0.1) is 0 Å². The van der Waals surface area contributed by atoms with Gasteiger partial charge in [0.25, 0.3) is 5.91 Å². The fourth-order valence-electron chi connectivity index (χ4n) is 4.19. The molecule has 0 aromatic carbocycles. The van der Waals surface area contributed by atoms with Crippen molar-refractivity contribution in [2.24, 2.45) is 0 Å². The Morgan fingerprint density at radius 2 is 2.17 bits per heavy atom. The summed E-state index contributed by atoms with van der Waals surface area (Å²) in [5.74, 6) is 0.778. The molecular formula is C18H23N3O2S. The van der Waals surface area contributed by atoms with Gasteiger partial charge in [0.2, 0.25) is 0 Å². The van der Waals surface area contributed by atoms with E-state index in [1.54, 1.807) is 6.26 Å². The fourth-order valence-corrected chi connectivity index (χ4v) is 4.95. The molecule has 24 heavy (non-hydrogen) atoms. The number of furan rings is 1. The van der Waals surface area contributed by atoms with Gasteiger partial charge in [-0.05, 0) is 45.2 Å². The van der Waals surface area contributed by atoms with Crippen molar-refractivity contribution in [2.75, 3.05) is 13.1 Å². The summed E-state index contributed by atoms with van der Waals surface area (Å²) in [6, 6.07) is 5.37. The molecule has 0 aliphatic carbocycles. The number of fused-ring (bicyclic) bond motifs is 2. The SMILES string of the molecule is CC(C)N1C2CCC1CN(C(=O)c1csc(-c3ccco3)n1)CC2. The highest BCUT2D eigenvalue weighted by atomic mass is 32.1. The van der Waals surface area contributed by atoms with Crippen molar-refractivity contribution in [1.29, 1.82) is 0 Å². The highest BCUT2D eigenvalue weighted by Gasteiger charge is 2.39. The minimum absolute atomic E-state index is 0.0558. The summed E-state index contributed by atoms with van der Waals surface area (Å²) in [6.07, 6.45) is 5.16. The Morgan fingerprint density at radius 3 is 2.92 bits per heavy atom. The van der Waals surface area contributed by atoms with Crippen LogP contribution >= 0.6 is 11.3 Å². The van der Waals surface area contributed by atoms with Gasteiger partial charge in [0.1, 0.15) is 5.69 Å². The molecule has 0 N–H and O–H groups in total. The van der Waals surface area contributed by atoms with E-state index >= 15 is 0 Å². The van der Waals surface area contributed by atoms with E-state index in [1.807, 2.05) is 22.4 Å². The molecule has 0 spiro atoms. The van der Waals surface area contributed by atoms with Crippen LogP contribution in [0.5, 0.6) is 0 Å². The van der Waals surface area contributed by atoms with Crippen LogP contribution in [0.3, 0.4) is 0 Å². The lowest BCUT2D eigenvalue weighted by molar-refractivity contribution is 0.0723. The summed E-state index contributed by atoms with van der Waals surface area (Å²) < 4.78 is 5.38. The minimum atomic E-state index is 0.0558. The molecule has 2 atom stereocenters. The van der Waals surface area contributed by atoms with Crippen LogP contribution in [-0.2, 0) is 0 Å². The number of aromatic nitrogens is 1. The van der Waals surface area contributed by atoms with Gasteiger partial charge in [-0.15, -0.1) is 11.3 Å². The Labute approximate surface area is 146 Å². The maximum Gasteiger partial charge on any atom is 0.273 e. The van der Waals surface area contributed by atoms with Crippen LogP contribution in [0.1, 0.15) is 43.6 Å². The van der Waals surface area contributed by atoms with E-state index in [9.17, 15) is 4.79 Å². The number of rotatable bonds is 3. The van der Waals surface area contributed by atoms with Gasteiger partial charge in [-0.2, -0.15) is 0 Å². The second kappa shape index (κ2) is 6.33. The summed E-state index contributed by atoms with van der Waals surface area (Å²) in [5, 5.41) is 2.62. The van der Waals surface area contributed by atoms with Crippen LogP contribution in [-0.4, -0.2) is 51.9 Å². The summed E-state index contributed by atoms with van der Waals surface area (Å²) in [7, 11) is 0. The predicted molar refractivity (Wildman–Crippen MR) is 94.1 cm³/mol. The molecule has 0 radical (unpaired) electrons. The Hall–Kier alpha value is -1.66. The Balaban J connectivity index is 1.51. The van der Waals surface area contributed by atoms with Crippen LogP contribution in [0.2, 0.25) is 0 Å². The number of thiazole rings is 1. The smallest absolute Gasteiger partial charge is 0.273 e. The molecule has 6 heteroatoms. The second-order valence-corrected chi connectivity index (χ2v) is 7.84. The molecule has 1 amide bonds. The molecule has 2 aromatic rings. The highest BCUT2D eigenvalue weighted by Crippen LogP contribution is 2.33. The monoisotopic (exact) mass is 345 g/mol. The first kappa shape index (κ1) is 15.8. The van der Waals surface area contributed by atoms with E-state index in [4.69, 9.17) is 4.42 Å². The van der Waals surface area contributed by atoms with Crippen LogP contribution in [0.25, 0.3) is 10.8 Å². The van der Waals surface area contributed by atoms with E-state index in [-0.39, 0.29) is 5.91 Å². The maximum atomic E-state index is 12.9. The van der Waals surface area contributed by atoms with Gasteiger partial charge < -0.3 is 9.32 Å². The van der Waals surface area contributed by atoms with Crippen LogP contribution in [0.15, 0.2) is 28.2 Å². The normalized spacial score (nSPS) is 24.5. The second-order valence-electron chi connectivity index (χ2n) is 6.98. The first-order valence-electron chi connectivity index (χ1n) is 8.69. The number of amides is 1. The maximum absolute atomic E-state index is 12.9. The Morgan fingerprint density at radius 1 is 1.33 bits per heavy atom. The summed E-state index contributed by atoms with van der Waals surface area (Å²) in [6.45, 7) is 6.18. The van der Waals surface area contributed by atoms with Crippen molar-refractivity contribution in [1.82, 2.24) is 14.8 Å². The quantitative estimate of drug-likeness (QED) is 0.854. The number of likely N-dealkylation sites (tertiary alicyclic amines) is 1. The van der Waals surface area contributed by atoms with Gasteiger partial charge in [0.15, 0.2) is 10.8 Å². The Bertz CT molecular complexity index is 710. The van der Waals surface area contributed by atoms with E-state index in [1.165, 1.54) is 24.2 Å². The molecule has 2 unspecified atom stereocenters. The minimum Gasteiger partial charge on any atom is -0.462 e. The topological polar surface area (TPSA) is 49.6 Å². The molecular weight excluding hydrogens is 322 g/mol. The lowest BCUT2D eigenvalue weighted by Crippen LogP contribution is -2.44. The molecule has 2 fully saturated rings. The molecule has 2 bridgehead atoms. The van der Waals surface area contributed by atoms with Gasteiger partial charge in [0, 0.05) is 36.6 Å². The standard InChI is InChI=1S/C18H23N3O2S/c1-12(2)21-13-5-6-14(21)10-20(8-7-13)18(22)15-11-24-17(19-15)16-4-3-9-23-16/h3-4,9,11-14H,5-8,10H2,1-2H3. The van der Waals surface area contributed by atoms with Crippen LogP contribution in [0.4, 0.5) is 0 Å². The first-order chi connectivity index (χ1) is 11.6. The molecule has 2 aromatic heterocycles. The van der Waals surface area contributed by atoms with Crippen molar-refractivity contribution < 1.29 is 9.21 Å². The van der Waals surface area contributed by atoms with Crippen molar-refractivity contribution in [3.05, 3.63) is 29.5 Å². The van der Waals surface area contributed by atoms with Crippen molar-refractivity contribution in [2.45, 2.75) is 51.2 Å². The fraction of sp³-hybridized carbons (Fsp3) is 0.556. The lowest BCUT2D eigenvalue weighted by atomic mass is 10.1. The molecule has 5 nitrogen and oxygen atoms in total. The number of carbonyl (C=O) groups excluding carboxylic acids is 1. The van der Waals surface area contributed by atoms with Gasteiger partial charge in [-0.25, -0.2) is 4.98 Å². The van der Waals surface area contributed by atoms with Gasteiger partial charge >= 0.3 is 0 Å². The zero-order chi connectivity index (χ0) is 16.7. The van der Waals surface area contributed by atoms with E-state index < -0.39 is 0 Å². The average molecular weight is 345 g/mol.